The van der Waals surface area contributed by atoms with Crippen molar-refractivity contribution >= 4 is 21.4 Å². The van der Waals surface area contributed by atoms with Crippen LogP contribution >= 0.6 is 0 Å². The first kappa shape index (κ1) is 17.3. The molecule has 3 rings (SSSR count). The van der Waals surface area contributed by atoms with Crippen molar-refractivity contribution in [1.29, 1.82) is 0 Å². The lowest BCUT2D eigenvalue weighted by molar-refractivity contribution is -0.116. The van der Waals surface area contributed by atoms with Crippen molar-refractivity contribution in [1.82, 2.24) is 0 Å². The zero-order valence-electron chi connectivity index (χ0n) is 13.8. The van der Waals surface area contributed by atoms with Crippen LogP contribution in [-0.4, -0.2) is 26.9 Å². The van der Waals surface area contributed by atoms with Crippen LogP contribution in [-0.2, 0) is 21.1 Å². The number of aryl methyl sites for hydroxylation is 1. The largest absolute Gasteiger partial charge is 0.454 e. The van der Waals surface area contributed by atoms with Gasteiger partial charge in [0.2, 0.25) is 12.7 Å². The van der Waals surface area contributed by atoms with Crippen LogP contribution in [0, 0.1) is 0 Å². The Morgan fingerprint density at radius 3 is 2.52 bits per heavy atom. The number of benzene rings is 2. The molecule has 1 N–H and O–H groups in total. The molecular weight excluding hydrogens is 342 g/mol. The molecule has 0 aliphatic carbocycles. The van der Waals surface area contributed by atoms with E-state index in [1.807, 2.05) is 18.2 Å². The molecule has 0 saturated heterocycles. The molecule has 0 spiro atoms. The number of carbonyl (C=O) groups excluding carboxylic acids is 1. The van der Waals surface area contributed by atoms with Crippen LogP contribution in [0.15, 0.2) is 47.4 Å². The number of rotatable bonds is 6. The summed E-state index contributed by atoms with van der Waals surface area (Å²) in [5, 5.41) is 2.77. The minimum atomic E-state index is -3.23. The Morgan fingerprint density at radius 2 is 1.80 bits per heavy atom. The minimum Gasteiger partial charge on any atom is -0.454 e. The average Bonchev–Trinajstić information content (AvgIpc) is 3.08. The van der Waals surface area contributed by atoms with Gasteiger partial charge in [0.05, 0.1) is 10.6 Å². The van der Waals surface area contributed by atoms with Crippen LogP contribution in [0.5, 0.6) is 11.5 Å². The molecule has 25 heavy (non-hydrogen) atoms. The number of amides is 1. The number of hydrogen-bond donors (Lipinski definition) is 1. The van der Waals surface area contributed by atoms with E-state index < -0.39 is 9.84 Å². The summed E-state index contributed by atoms with van der Waals surface area (Å²) < 4.78 is 34.1. The number of ether oxygens (including phenoxy) is 2. The Morgan fingerprint density at radius 1 is 1.08 bits per heavy atom. The zero-order valence-corrected chi connectivity index (χ0v) is 14.6. The molecule has 1 aliphatic rings. The van der Waals surface area contributed by atoms with Crippen molar-refractivity contribution in [3.8, 4) is 11.5 Å². The van der Waals surface area contributed by atoms with Gasteiger partial charge in [0.25, 0.3) is 0 Å². The van der Waals surface area contributed by atoms with Gasteiger partial charge in [-0.05, 0) is 48.4 Å². The first-order valence-corrected chi connectivity index (χ1v) is 9.64. The maximum Gasteiger partial charge on any atom is 0.231 e. The van der Waals surface area contributed by atoms with Gasteiger partial charge in [-0.2, -0.15) is 0 Å². The molecule has 132 valence electrons. The number of hydrogen-bond acceptors (Lipinski definition) is 5. The summed E-state index contributed by atoms with van der Waals surface area (Å²) in [7, 11) is -3.23. The van der Waals surface area contributed by atoms with Gasteiger partial charge < -0.3 is 14.8 Å². The van der Waals surface area contributed by atoms with E-state index in [0.29, 0.717) is 24.3 Å². The van der Waals surface area contributed by atoms with Crippen molar-refractivity contribution in [3.63, 3.8) is 0 Å². The molecule has 0 bridgehead atoms. The molecule has 0 atom stereocenters. The van der Waals surface area contributed by atoms with Gasteiger partial charge in [-0.3, -0.25) is 4.79 Å². The van der Waals surface area contributed by atoms with Crippen LogP contribution in [0.3, 0.4) is 0 Å². The quantitative estimate of drug-likeness (QED) is 0.856. The van der Waals surface area contributed by atoms with Gasteiger partial charge in [0.1, 0.15) is 0 Å². The molecule has 0 aromatic heterocycles. The van der Waals surface area contributed by atoms with Crippen molar-refractivity contribution in [2.24, 2.45) is 0 Å². The van der Waals surface area contributed by atoms with Gasteiger partial charge >= 0.3 is 0 Å². The van der Waals surface area contributed by atoms with Crippen molar-refractivity contribution < 1.29 is 22.7 Å². The third-order valence-electron chi connectivity index (χ3n) is 3.95. The summed E-state index contributed by atoms with van der Waals surface area (Å²) in [5.74, 6) is 1.33. The molecule has 0 radical (unpaired) electrons. The summed E-state index contributed by atoms with van der Waals surface area (Å²) in [4.78, 5) is 12.3. The molecule has 7 heteroatoms. The van der Waals surface area contributed by atoms with Gasteiger partial charge in [-0.25, -0.2) is 8.42 Å². The number of carbonyl (C=O) groups is 1. The standard InChI is InChI=1S/C18H19NO5S/c1-2-25(21,22)15-7-5-14(6-8-15)19-18(20)10-4-13-3-9-16-17(11-13)24-12-23-16/h3,5-9,11H,2,4,10,12H2,1H3,(H,19,20). The second kappa shape index (κ2) is 7.14. The Bertz CT molecular complexity index is 875. The summed E-state index contributed by atoms with van der Waals surface area (Å²) in [6.45, 7) is 1.82. The van der Waals surface area contributed by atoms with Gasteiger partial charge in [0.15, 0.2) is 21.3 Å². The van der Waals surface area contributed by atoms with E-state index in [9.17, 15) is 13.2 Å². The Hall–Kier alpha value is -2.54. The van der Waals surface area contributed by atoms with Crippen LogP contribution < -0.4 is 14.8 Å². The number of anilines is 1. The number of sulfone groups is 1. The fourth-order valence-electron chi connectivity index (χ4n) is 2.49. The highest BCUT2D eigenvalue weighted by atomic mass is 32.2. The summed E-state index contributed by atoms with van der Waals surface area (Å²) in [5.41, 5.74) is 1.56. The van der Waals surface area contributed by atoms with Crippen LogP contribution in [0.25, 0.3) is 0 Å². The van der Waals surface area contributed by atoms with E-state index in [1.54, 1.807) is 19.1 Å². The van der Waals surface area contributed by atoms with Gasteiger partial charge in [0, 0.05) is 12.1 Å². The van der Waals surface area contributed by atoms with Gasteiger partial charge in [-0.15, -0.1) is 0 Å². The maximum absolute atomic E-state index is 12.1. The molecule has 2 aromatic carbocycles. The Labute approximate surface area is 146 Å². The highest BCUT2D eigenvalue weighted by Crippen LogP contribution is 2.32. The topological polar surface area (TPSA) is 81.7 Å². The van der Waals surface area contributed by atoms with E-state index in [2.05, 4.69) is 5.32 Å². The number of nitrogens with one attached hydrogen (secondary N) is 1. The third-order valence-corrected chi connectivity index (χ3v) is 5.71. The lowest BCUT2D eigenvalue weighted by atomic mass is 10.1. The Balaban J connectivity index is 1.56. The van der Waals surface area contributed by atoms with Crippen molar-refractivity contribution in [2.45, 2.75) is 24.7 Å². The van der Waals surface area contributed by atoms with Crippen molar-refractivity contribution in [3.05, 3.63) is 48.0 Å². The first-order valence-electron chi connectivity index (χ1n) is 7.99. The summed E-state index contributed by atoms with van der Waals surface area (Å²) >= 11 is 0. The van der Waals surface area contributed by atoms with Gasteiger partial charge in [-0.1, -0.05) is 13.0 Å². The average molecular weight is 361 g/mol. The predicted molar refractivity (Wildman–Crippen MR) is 93.7 cm³/mol. The Kier molecular flexibility index (Phi) is 4.94. The molecular formula is C18H19NO5S. The lowest BCUT2D eigenvalue weighted by Crippen LogP contribution is -2.12. The molecule has 1 amide bonds. The predicted octanol–water partition coefficient (Wildman–Crippen LogP) is 2.78. The molecule has 2 aromatic rings. The van der Waals surface area contributed by atoms with E-state index in [4.69, 9.17) is 9.47 Å². The van der Waals surface area contributed by atoms with Crippen LogP contribution in [0.1, 0.15) is 18.9 Å². The molecule has 0 saturated carbocycles. The third kappa shape index (κ3) is 4.11. The normalized spacial score (nSPS) is 12.8. The van der Waals surface area contributed by atoms with E-state index >= 15 is 0 Å². The zero-order chi connectivity index (χ0) is 17.9. The second-order valence-electron chi connectivity index (χ2n) is 5.66. The summed E-state index contributed by atoms with van der Waals surface area (Å²) in [6.07, 6.45) is 0.888. The first-order chi connectivity index (χ1) is 12.0. The fourth-order valence-corrected chi connectivity index (χ4v) is 3.37. The smallest absolute Gasteiger partial charge is 0.231 e. The minimum absolute atomic E-state index is 0.0498. The molecule has 0 fully saturated rings. The monoisotopic (exact) mass is 361 g/mol. The molecule has 0 unspecified atom stereocenters. The maximum atomic E-state index is 12.1. The highest BCUT2D eigenvalue weighted by Gasteiger charge is 2.14. The molecule has 1 aliphatic heterocycles. The van der Waals surface area contributed by atoms with E-state index in [1.165, 1.54) is 12.1 Å². The summed E-state index contributed by atoms with van der Waals surface area (Å²) in [6, 6.07) is 11.8. The molecule has 1 heterocycles. The molecule has 6 nitrogen and oxygen atoms in total. The van der Waals surface area contributed by atoms with Crippen LogP contribution in [0.4, 0.5) is 5.69 Å². The van der Waals surface area contributed by atoms with E-state index in [-0.39, 0.29) is 23.3 Å². The highest BCUT2D eigenvalue weighted by molar-refractivity contribution is 7.91. The van der Waals surface area contributed by atoms with E-state index in [0.717, 1.165) is 11.3 Å². The second-order valence-corrected chi connectivity index (χ2v) is 7.94. The number of fused-ring (bicyclic) bond motifs is 1. The SMILES string of the molecule is CCS(=O)(=O)c1ccc(NC(=O)CCc2ccc3c(c2)OCO3)cc1. The lowest BCUT2D eigenvalue weighted by Gasteiger charge is -2.07. The van der Waals surface area contributed by atoms with Crippen LogP contribution in [0.2, 0.25) is 0 Å². The fraction of sp³-hybridized carbons (Fsp3) is 0.278. The van der Waals surface area contributed by atoms with Crippen molar-refractivity contribution in [2.75, 3.05) is 17.9 Å².